The number of hydrogen-bond donors (Lipinski definition) is 1. The van der Waals surface area contributed by atoms with Crippen LogP contribution in [0, 0.1) is 12.3 Å². The van der Waals surface area contributed by atoms with E-state index in [1.165, 1.54) is 0 Å². The Bertz CT molecular complexity index is 480. The van der Waals surface area contributed by atoms with Gasteiger partial charge in [0.15, 0.2) is 11.6 Å². The molecule has 0 aliphatic carbocycles. The van der Waals surface area contributed by atoms with E-state index in [0.717, 1.165) is 18.8 Å². The first-order chi connectivity index (χ1) is 9.31. The number of carbonyl (C=O) groups is 1. The van der Waals surface area contributed by atoms with E-state index in [9.17, 15) is 4.79 Å². The Morgan fingerprint density at radius 3 is 2.75 bits per heavy atom. The van der Waals surface area contributed by atoms with Crippen LogP contribution in [-0.4, -0.2) is 31.8 Å². The fourth-order valence-electron chi connectivity index (χ4n) is 1.54. The zero-order chi connectivity index (χ0) is 15.2. The molecule has 5 nitrogen and oxygen atoms in total. The Balaban J connectivity index is 2.24. The molecule has 0 bridgehead atoms. The molecule has 0 unspecified atom stereocenters. The van der Waals surface area contributed by atoms with Crippen molar-refractivity contribution in [1.29, 1.82) is 0 Å². The van der Waals surface area contributed by atoms with Crippen LogP contribution in [0.3, 0.4) is 0 Å². The summed E-state index contributed by atoms with van der Waals surface area (Å²) in [5.41, 5.74) is -0.472. The van der Waals surface area contributed by atoms with Crippen molar-refractivity contribution in [1.82, 2.24) is 5.32 Å². The molecule has 110 valence electrons. The van der Waals surface area contributed by atoms with Crippen LogP contribution in [0.4, 0.5) is 10.7 Å². The lowest BCUT2D eigenvalue weighted by molar-refractivity contribution is 0.0527. The molecule has 0 aliphatic heterocycles. The van der Waals surface area contributed by atoms with Crippen LogP contribution >= 0.6 is 0 Å². The number of terminal acetylenes is 1. The molecule has 20 heavy (non-hydrogen) atoms. The molecule has 1 N–H and O–H groups in total. The highest BCUT2D eigenvalue weighted by atomic mass is 16.6. The highest BCUT2D eigenvalue weighted by molar-refractivity contribution is 5.67. The Kier molecular flexibility index (Phi) is 5.51. The first-order valence-electron chi connectivity index (χ1n) is 6.56. The number of anilines is 1. The van der Waals surface area contributed by atoms with Gasteiger partial charge in [-0.15, -0.1) is 6.42 Å². The lowest BCUT2D eigenvalue weighted by Crippen LogP contribution is -2.34. The molecule has 5 heteroatoms. The minimum absolute atomic E-state index is 0.396. The Morgan fingerprint density at radius 1 is 1.50 bits per heavy atom. The predicted octanol–water partition coefficient (Wildman–Crippen LogP) is 2.61. The molecule has 0 fully saturated rings. The highest BCUT2D eigenvalue weighted by Gasteiger charge is 2.15. The van der Waals surface area contributed by atoms with Gasteiger partial charge in [0, 0.05) is 26.2 Å². The van der Waals surface area contributed by atoms with Gasteiger partial charge in [0.1, 0.15) is 5.60 Å². The first kappa shape index (κ1) is 16.0. The molecule has 0 spiro atoms. The molecule has 0 radical (unpaired) electrons. The first-order valence-corrected chi connectivity index (χ1v) is 6.56. The zero-order valence-electron chi connectivity index (χ0n) is 12.5. The fourth-order valence-corrected chi connectivity index (χ4v) is 1.54. The van der Waals surface area contributed by atoms with Gasteiger partial charge in [-0.1, -0.05) is 0 Å². The summed E-state index contributed by atoms with van der Waals surface area (Å²) >= 11 is 0. The van der Waals surface area contributed by atoms with E-state index >= 15 is 0 Å². The maximum atomic E-state index is 11.4. The number of carbonyl (C=O) groups excluding carboxylic acids is 1. The molecule has 0 atom stereocenters. The van der Waals surface area contributed by atoms with Gasteiger partial charge in [-0.25, -0.2) is 4.79 Å². The summed E-state index contributed by atoms with van der Waals surface area (Å²) in [4.78, 5) is 13.4. The number of rotatable bonds is 5. The maximum Gasteiger partial charge on any atom is 0.407 e. The normalized spacial score (nSPS) is 10.8. The van der Waals surface area contributed by atoms with Gasteiger partial charge in [0.2, 0.25) is 0 Å². The summed E-state index contributed by atoms with van der Waals surface area (Å²) in [7, 11) is 1.91. The van der Waals surface area contributed by atoms with E-state index < -0.39 is 11.7 Å². The van der Waals surface area contributed by atoms with Gasteiger partial charge in [-0.2, -0.15) is 0 Å². The SMILES string of the molecule is C#Cc1ccc(N(C)CCCNC(=O)OC(C)(C)C)o1. The largest absolute Gasteiger partial charge is 0.444 e. The maximum absolute atomic E-state index is 11.4. The van der Waals surface area contributed by atoms with Gasteiger partial charge < -0.3 is 19.4 Å². The average Bonchev–Trinajstić information content (AvgIpc) is 2.81. The topological polar surface area (TPSA) is 54.7 Å². The minimum atomic E-state index is -0.472. The van der Waals surface area contributed by atoms with Crippen LogP contribution in [-0.2, 0) is 4.74 Å². The van der Waals surface area contributed by atoms with Crippen LogP contribution in [0.5, 0.6) is 0 Å². The lowest BCUT2D eigenvalue weighted by Gasteiger charge is -2.20. The Morgan fingerprint density at radius 2 is 2.20 bits per heavy atom. The van der Waals surface area contributed by atoms with Crippen LogP contribution < -0.4 is 10.2 Å². The van der Waals surface area contributed by atoms with Gasteiger partial charge >= 0.3 is 6.09 Å². The van der Waals surface area contributed by atoms with Gasteiger partial charge in [0.05, 0.1) is 0 Å². The summed E-state index contributed by atoms with van der Waals surface area (Å²) < 4.78 is 10.6. The quantitative estimate of drug-likeness (QED) is 0.664. The van der Waals surface area contributed by atoms with Crippen molar-refractivity contribution in [3.8, 4) is 12.3 Å². The molecule has 1 aromatic heterocycles. The smallest absolute Gasteiger partial charge is 0.407 e. The molecule has 1 aromatic rings. The monoisotopic (exact) mass is 278 g/mol. The third kappa shape index (κ3) is 5.70. The number of ether oxygens (including phenoxy) is 1. The second-order valence-electron chi connectivity index (χ2n) is 5.49. The summed E-state index contributed by atoms with van der Waals surface area (Å²) in [5.74, 6) is 3.67. The van der Waals surface area contributed by atoms with E-state index in [1.54, 1.807) is 6.07 Å². The van der Waals surface area contributed by atoms with Gasteiger partial charge in [0.25, 0.3) is 0 Å². The van der Waals surface area contributed by atoms with Crippen molar-refractivity contribution < 1.29 is 13.9 Å². The van der Waals surface area contributed by atoms with Gasteiger partial charge in [-0.3, -0.25) is 0 Å². The molecule has 0 aliphatic rings. The average molecular weight is 278 g/mol. The zero-order valence-corrected chi connectivity index (χ0v) is 12.5. The number of alkyl carbamates (subject to hydrolysis) is 1. The van der Waals surface area contributed by atoms with Crippen LogP contribution in [0.1, 0.15) is 33.0 Å². The molecule has 1 heterocycles. The van der Waals surface area contributed by atoms with Crippen molar-refractivity contribution in [3.63, 3.8) is 0 Å². The summed E-state index contributed by atoms with van der Waals surface area (Å²) in [6, 6.07) is 3.58. The van der Waals surface area contributed by atoms with Crippen LogP contribution in [0.25, 0.3) is 0 Å². The molecule has 1 amide bonds. The van der Waals surface area contributed by atoms with Crippen molar-refractivity contribution in [2.75, 3.05) is 25.0 Å². The van der Waals surface area contributed by atoms with Crippen LogP contribution in [0.2, 0.25) is 0 Å². The number of nitrogens with one attached hydrogen (secondary N) is 1. The minimum Gasteiger partial charge on any atom is -0.444 e. The second kappa shape index (κ2) is 6.90. The summed E-state index contributed by atoms with van der Waals surface area (Å²) in [6.45, 7) is 6.79. The standard InChI is InChI=1S/C15H22N2O3/c1-6-12-8-9-13(19-12)17(5)11-7-10-16-14(18)20-15(2,3)4/h1,8-9H,7,10-11H2,2-5H3,(H,16,18). The van der Waals surface area contributed by atoms with E-state index in [4.69, 9.17) is 15.6 Å². The van der Waals surface area contributed by atoms with E-state index in [-0.39, 0.29) is 0 Å². The Labute approximate surface area is 120 Å². The second-order valence-corrected chi connectivity index (χ2v) is 5.49. The van der Waals surface area contributed by atoms with Crippen molar-refractivity contribution in [3.05, 3.63) is 17.9 Å². The van der Waals surface area contributed by atoms with E-state index in [0.29, 0.717) is 12.3 Å². The van der Waals surface area contributed by atoms with Gasteiger partial charge in [-0.05, 0) is 39.2 Å². The number of amides is 1. The van der Waals surface area contributed by atoms with Crippen molar-refractivity contribution in [2.24, 2.45) is 0 Å². The van der Waals surface area contributed by atoms with E-state index in [2.05, 4.69) is 11.2 Å². The number of furan rings is 1. The summed E-state index contributed by atoms with van der Waals surface area (Å²) in [5, 5.41) is 2.71. The fraction of sp³-hybridized carbons (Fsp3) is 0.533. The molecule has 1 rings (SSSR count). The third-order valence-electron chi connectivity index (χ3n) is 2.45. The highest BCUT2D eigenvalue weighted by Crippen LogP contribution is 2.16. The molecule has 0 saturated carbocycles. The van der Waals surface area contributed by atoms with E-state index in [1.807, 2.05) is 38.8 Å². The summed E-state index contributed by atoms with van der Waals surface area (Å²) in [6.07, 6.45) is 5.63. The number of nitrogens with zero attached hydrogens (tertiary/aromatic N) is 1. The van der Waals surface area contributed by atoms with Crippen molar-refractivity contribution in [2.45, 2.75) is 32.8 Å². The van der Waals surface area contributed by atoms with Crippen LogP contribution in [0.15, 0.2) is 16.5 Å². The Hall–Kier alpha value is -2.09. The lowest BCUT2D eigenvalue weighted by atomic mass is 10.2. The predicted molar refractivity (Wildman–Crippen MR) is 78.8 cm³/mol. The number of hydrogen-bond acceptors (Lipinski definition) is 4. The molecular weight excluding hydrogens is 256 g/mol. The molecule has 0 aromatic carbocycles. The molecule has 0 saturated heterocycles. The van der Waals surface area contributed by atoms with Crippen molar-refractivity contribution >= 4 is 12.0 Å². The molecular formula is C15H22N2O3. The third-order valence-corrected chi connectivity index (χ3v) is 2.45.